The average molecular weight is 337 g/mol. The van der Waals surface area contributed by atoms with Gasteiger partial charge < -0.3 is 13.9 Å². The smallest absolute Gasteiger partial charge is 0.290 e. The number of likely N-dealkylation sites (tertiary alicyclic amines) is 1. The minimum Gasteiger partial charge on any atom is -0.459 e. The van der Waals surface area contributed by atoms with Crippen LogP contribution in [0, 0.1) is 5.92 Å². The van der Waals surface area contributed by atoms with Crippen molar-refractivity contribution in [1.82, 2.24) is 14.5 Å². The van der Waals surface area contributed by atoms with Gasteiger partial charge in [-0.05, 0) is 43.0 Å². The summed E-state index contributed by atoms with van der Waals surface area (Å²) >= 11 is 0. The van der Waals surface area contributed by atoms with Gasteiger partial charge in [0.1, 0.15) is 5.82 Å². The lowest BCUT2D eigenvalue weighted by atomic mass is 10.1. The first kappa shape index (κ1) is 15.9. The summed E-state index contributed by atoms with van der Waals surface area (Å²) in [5, 5.41) is 0. The molecule has 1 aliphatic rings. The number of hydrogen-bond acceptors (Lipinski definition) is 3. The molecule has 1 atom stereocenters. The molecular weight excluding hydrogens is 314 g/mol. The standard InChI is InChI=1S/C20H23N3O2/c1-14(2)13-23-16-8-4-3-7-15(16)21-19(23)17-9-5-11-22(17)20(24)18-10-6-12-25-18/h3-4,6-8,10,12,14,17H,5,9,11,13H2,1-2H3/t17-/m0/s1. The summed E-state index contributed by atoms with van der Waals surface area (Å²) in [6.07, 6.45) is 3.47. The van der Waals surface area contributed by atoms with E-state index in [1.165, 1.54) is 0 Å². The number of imidazole rings is 1. The van der Waals surface area contributed by atoms with E-state index in [2.05, 4.69) is 24.5 Å². The first-order chi connectivity index (χ1) is 12.1. The molecule has 0 N–H and O–H groups in total. The van der Waals surface area contributed by atoms with E-state index in [-0.39, 0.29) is 11.9 Å². The Morgan fingerprint density at radius 3 is 2.88 bits per heavy atom. The highest BCUT2D eigenvalue weighted by Crippen LogP contribution is 2.34. The Kier molecular flexibility index (Phi) is 4.07. The Morgan fingerprint density at radius 2 is 2.12 bits per heavy atom. The van der Waals surface area contributed by atoms with Crippen LogP contribution in [-0.4, -0.2) is 26.9 Å². The highest BCUT2D eigenvalue weighted by Gasteiger charge is 2.35. The molecule has 3 heterocycles. The minimum absolute atomic E-state index is 0.00347. The second kappa shape index (κ2) is 6.39. The normalized spacial score (nSPS) is 17.7. The minimum atomic E-state index is -0.0457. The van der Waals surface area contributed by atoms with Crippen molar-refractivity contribution >= 4 is 16.9 Å². The van der Waals surface area contributed by atoms with Crippen LogP contribution in [0.3, 0.4) is 0 Å². The predicted molar refractivity (Wildman–Crippen MR) is 96.3 cm³/mol. The van der Waals surface area contributed by atoms with Crippen molar-refractivity contribution in [2.45, 2.75) is 39.3 Å². The summed E-state index contributed by atoms with van der Waals surface area (Å²) in [6.45, 7) is 6.06. The number of aromatic nitrogens is 2. The van der Waals surface area contributed by atoms with Crippen LogP contribution in [0.5, 0.6) is 0 Å². The maximum Gasteiger partial charge on any atom is 0.290 e. The molecule has 5 heteroatoms. The molecule has 1 aliphatic heterocycles. The molecule has 4 rings (SSSR count). The molecule has 0 bridgehead atoms. The van der Waals surface area contributed by atoms with Crippen molar-refractivity contribution in [3.8, 4) is 0 Å². The molecular formula is C20H23N3O2. The van der Waals surface area contributed by atoms with Gasteiger partial charge in [0.25, 0.3) is 5.91 Å². The molecule has 5 nitrogen and oxygen atoms in total. The van der Waals surface area contributed by atoms with Crippen LogP contribution in [-0.2, 0) is 6.54 Å². The van der Waals surface area contributed by atoms with Gasteiger partial charge in [-0.25, -0.2) is 4.98 Å². The third kappa shape index (κ3) is 2.84. The molecule has 0 unspecified atom stereocenters. The first-order valence-electron chi connectivity index (χ1n) is 8.95. The largest absolute Gasteiger partial charge is 0.459 e. The summed E-state index contributed by atoms with van der Waals surface area (Å²) in [7, 11) is 0. The van der Waals surface area contributed by atoms with Gasteiger partial charge in [-0.3, -0.25) is 4.79 Å². The number of furan rings is 1. The maximum absolute atomic E-state index is 12.8. The quantitative estimate of drug-likeness (QED) is 0.714. The number of carbonyl (C=O) groups excluding carboxylic acids is 1. The Morgan fingerprint density at radius 1 is 1.28 bits per heavy atom. The van der Waals surface area contributed by atoms with Gasteiger partial charge in [0, 0.05) is 13.1 Å². The van der Waals surface area contributed by atoms with Crippen molar-refractivity contribution < 1.29 is 9.21 Å². The summed E-state index contributed by atoms with van der Waals surface area (Å²) in [5.74, 6) is 1.85. The van der Waals surface area contributed by atoms with Crippen molar-refractivity contribution in [2.24, 2.45) is 5.92 Å². The topological polar surface area (TPSA) is 51.3 Å². The zero-order valence-electron chi connectivity index (χ0n) is 14.7. The van der Waals surface area contributed by atoms with Gasteiger partial charge in [0.05, 0.1) is 23.3 Å². The third-order valence-corrected chi connectivity index (χ3v) is 4.78. The molecule has 130 valence electrons. The van der Waals surface area contributed by atoms with E-state index in [0.717, 1.165) is 42.8 Å². The molecule has 0 spiro atoms. The second-order valence-electron chi connectivity index (χ2n) is 7.10. The highest BCUT2D eigenvalue weighted by atomic mass is 16.3. The van der Waals surface area contributed by atoms with Gasteiger partial charge >= 0.3 is 0 Å². The molecule has 3 aromatic rings. The van der Waals surface area contributed by atoms with Crippen LogP contribution in [0.1, 0.15) is 49.1 Å². The van der Waals surface area contributed by atoms with E-state index in [0.29, 0.717) is 11.7 Å². The molecule has 2 aromatic heterocycles. The summed E-state index contributed by atoms with van der Waals surface area (Å²) in [6, 6.07) is 11.7. The van der Waals surface area contributed by atoms with Crippen molar-refractivity contribution in [3.63, 3.8) is 0 Å². The number of carbonyl (C=O) groups is 1. The average Bonchev–Trinajstić information content (AvgIpc) is 3.34. The van der Waals surface area contributed by atoms with Gasteiger partial charge in [0.2, 0.25) is 0 Å². The molecule has 1 fully saturated rings. The number of amides is 1. The van der Waals surface area contributed by atoms with Crippen molar-refractivity contribution in [1.29, 1.82) is 0 Å². The first-order valence-corrected chi connectivity index (χ1v) is 8.95. The number of hydrogen-bond donors (Lipinski definition) is 0. The van der Waals surface area contributed by atoms with E-state index in [4.69, 9.17) is 9.40 Å². The van der Waals surface area contributed by atoms with Crippen molar-refractivity contribution in [3.05, 3.63) is 54.2 Å². The van der Waals surface area contributed by atoms with E-state index >= 15 is 0 Å². The van der Waals surface area contributed by atoms with Crippen LogP contribution in [0.2, 0.25) is 0 Å². The lowest BCUT2D eigenvalue weighted by Gasteiger charge is -2.25. The van der Waals surface area contributed by atoms with E-state index in [9.17, 15) is 4.79 Å². The fourth-order valence-electron chi connectivity index (χ4n) is 3.73. The third-order valence-electron chi connectivity index (χ3n) is 4.78. The number of fused-ring (bicyclic) bond motifs is 1. The summed E-state index contributed by atoms with van der Waals surface area (Å²) < 4.78 is 7.62. The van der Waals surface area contributed by atoms with Gasteiger partial charge in [-0.2, -0.15) is 0 Å². The van der Waals surface area contributed by atoms with Crippen LogP contribution in [0.15, 0.2) is 47.1 Å². The lowest BCUT2D eigenvalue weighted by Crippen LogP contribution is -2.32. The molecule has 25 heavy (non-hydrogen) atoms. The SMILES string of the molecule is CC(C)Cn1c([C@@H]2CCCN2C(=O)c2ccco2)nc2ccccc21. The second-order valence-corrected chi connectivity index (χ2v) is 7.10. The number of rotatable bonds is 4. The Bertz CT molecular complexity index is 880. The number of benzene rings is 1. The summed E-state index contributed by atoms with van der Waals surface area (Å²) in [4.78, 5) is 19.6. The van der Waals surface area contributed by atoms with Gasteiger partial charge in [-0.15, -0.1) is 0 Å². The lowest BCUT2D eigenvalue weighted by molar-refractivity contribution is 0.0695. The van der Waals surface area contributed by atoms with Crippen LogP contribution in [0.25, 0.3) is 11.0 Å². The molecule has 1 amide bonds. The summed E-state index contributed by atoms with van der Waals surface area (Å²) in [5.41, 5.74) is 2.14. The fourth-order valence-corrected chi connectivity index (χ4v) is 3.73. The molecule has 1 aromatic carbocycles. The number of nitrogens with zero attached hydrogens (tertiary/aromatic N) is 3. The fraction of sp³-hybridized carbons (Fsp3) is 0.400. The van der Waals surface area contributed by atoms with E-state index in [1.807, 2.05) is 23.1 Å². The zero-order valence-corrected chi connectivity index (χ0v) is 14.7. The monoisotopic (exact) mass is 337 g/mol. The predicted octanol–water partition coefficient (Wildman–Crippen LogP) is 4.26. The van der Waals surface area contributed by atoms with E-state index < -0.39 is 0 Å². The van der Waals surface area contributed by atoms with Gasteiger partial charge in [0.15, 0.2) is 5.76 Å². The molecule has 0 radical (unpaired) electrons. The Labute approximate surface area is 147 Å². The molecule has 0 aliphatic carbocycles. The van der Waals surface area contributed by atoms with Crippen LogP contribution in [0.4, 0.5) is 0 Å². The van der Waals surface area contributed by atoms with Crippen molar-refractivity contribution in [2.75, 3.05) is 6.54 Å². The maximum atomic E-state index is 12.8. The Balaban J connectivity index is 1.76. The molecule has 1 saturated heterocycles. The van der Waals surface area contributed by atoms with Crippen LogP contribution < -0.4 is 0 Å². The van der Waals surface area contributed by atoms with E-state index in [1.54, 1.807) is 18.4 Å². The van der Waals surface area contributed by atoms with Crippen LogP contribution >= 0.6 is 0 Å². The highest BCUT2D eigenvalue weighted by molar-refractivity contribution is 5.92. The number of para-hydroxylation sites is 2. The molecule has 0 saturated carbocycles. The zero-order chi connectivity index (χ0) is 17.4. The Hall–Kier alpha value is -2.56. The van der Waals surface area contributed by atoms with Gasteiger partial charge in [-0.1, -0.05) is 26.0 Å².